The minimum absolute atomic E-state index is 0.0749. The Balaban J connectivity index is 2.03. The third-order valence-electron chi connectivity index (χ3n) is 3.27. The number of carbonyl (C=O) groups excluding carboxylic acids is 1. The number of amides is 1. The van der Waals surface area contributed by atoms with Gasteiger partial charge in [-0.2, -0.15) is 0 Å². The van der Waals surface area contributed by atoms with Crippen LogP contribution in [-0.2, 0) is 5.60 Å². The molecule has 0 aliphatic carbocycles. The molecule has 2 N–H and O–H groups in total. The van der Waals surface area contributed by atoms with Crippen LogP contribution in [0.3, 0.4) is 0 Å². The minimum Gasteiger partial charge on any atom is -0.466 e. The molecule has 0 radical (unpaired) electrons. The van der Waals surface area contributed by atoms with Crippen molar-refractivity contribution >= 4 is 11.6 Å². The van der Waals surface area contributed by atoms with Crippen LogP contribution in [0.4, 0.5) is 5.69 Å². The predicted molar refractivity (Wildman–Crippen MR) is 81.4 cm³/mol. The van der Waals surface area contributed by atoms with Crippen molar-refractivity contribution in [2.45, 2.75) is 12.5 Å². The number of benzene rings is 1. The zero-order chi connectivity index (χ0) is 15.5. The Bertz CT molecular complexity index is 604. The van der Waals surface area contributed by atoms with Gasteiger partial charge in [0.1, 0.15) is 11.4 Å². The third kappa shape index (κ3) is 3.64. The molecular formula is C16H20N2O3. The van der Waals surface area contributed by atoms with Crippen LogP contribution >= 0.6 is 0 Å². The molecule has 0 saturated carbocycles. The van der Waals surface area contributed by atoms with Crippen molar-refractivity contribution in [3.8, 4) is 0 Å². The van der Waals surface area contributed by atoms with Crippen molar-refractivity contribution in [2.75, 3.05) is 25.5 Å². The molecule has 1 aromatic carbocycles. The number of anilines is 1. The lowest BCUT2D eigenvalue weighted by Gasteiger charge is -2.21. The normalized spacial score (nSPS) is 13.5. The van der Waals surface area contributed by atoms with E-state index in [1.807, 2.05) is 31.1 Å². The SMILES string of the molecule is CN(C)c1cccc(C(=O)NCC(C)(O)c2ccco2)c1. The average molecular weight is 288 g/mol. The molecule has 0 aliphatic heterocycles. The Morgan fingerprint density at radius 1 is 1.33 bits per heavy atom. The highest BCUT2D eigenvalue weighted by molar-refractivity contribution is 5.95. The van der Waals surface area contributed by atoms with E-state index in [2.05, 4.69) is 5.32 Å². The molecule has 0 aliphatic rings. The lowest BCUT2D eigenvalue weighted by atomic mass is 10.0. The van der Waals surface area contributed by atoms with Gasteiger partial charge in [0.05, 0.1) is 12.8 Å². The first-order chi connectivity index (χ1) is 9.90. The molecule has 2 rings (SSSR count). The summed E-state index contributed by atoms with van der Waals surface area (Å²) < 4.78 is 5.18. The first kappa shape index (κ1) is 15.1. The molecule has 0 spiro atoms. The standard InChI is InChI=1S/C16H20N2O3/c1-16(20,14-8-5-9-21-14)11-17-15(19)12-6-4-7-13(10-12)18(2)3/h4-10,20H,11H2,1-3H3,(H,17,19). The largest absolute Gasteiger partial charge is 0.466 e. The van der Waals surface area contributed by atoms with Crippen LogP contribution in [0.25, 0.3) is 0 Å². The van der Waals surface area contributed by atoms with E-state index in [1.54, 1.807) is 31.2 Å². The Kier molecular flexibility index (Phi) is 4.33. The maximum Gasteiger partial charge on any atom is 0.251 e. The Hall–Kier alpha value is -2.27. The number of carbonyl (C=O) groups is 1. The lowest BCUT2D eigenvalue weighted by molar-refractivity contribution is 0.0330. The zero-order valence-electron chi connectivity index (χ0n) is 12.5. The number of hydrogen-bond donors (Lipinski definition) is 2. The summed E-state index contributed by atoms with van der Waals surface area (Å²) >= 11 is 0. The first-order valence-corrected chi connectivity index (χ1v) is 6.72. The van der Waals surface area contributed by atoms with Crippen LogP contribution in [0.1, 0.15) is 23.0 Å². The average Bonchev–Trinajstić information content (AvgIpc) is 3.00. The van der Waals surface area contributed by atoms with Crippen molar-refractivity contribution in [2.24, 2.45) is 0 Å². The summed E-state index contributed by atoms with van der Waals surface area (Å²) in [6.45, 7) is 1.67. The van der Waals surface area contributed by atoms with Gasteiger partial charge in [-0.25, -0.2) is 0 Å². The number of aliphatic hydroxyl groups is 1. The van der Waals surface area contributed by atoms with E-state index in [0.717, 1.165) is 5.69 Å². The third-order valence-corrected chi connectivity index (χ3v) is 3.27. The Morgan fingerprint density at radius 3 is 2.71 bits per heavy atom. The molecule has 21 heavy (non-hydrogen) atoms. The van der Waals surface area contributed by atoms with E-state index in [4.69, 9.17) is 4.42 Å². The molecule has 0 saturated heterocycles. The summed E-state index contributed by atoms with van der Waals surface area (Å²) in [5.74, 6) is 0.190. The van der Waals surface area contributed by atoms with Gasteiger partial charge in [-0.3, -0.25) is 4.79 Å². The van der Waals surface area contributed by atoms with Crippen LogP contribution in [0.15, 0.2) is 47.1 Å². The van der Waals surface area contributed by atoms with Crippen LogP contribution in [0, 0.1) is 0 Å². The van der Waals surface area contributed by atoms with Crippen LogP contribution in [0.2, 0.25) is 0 Å². The lowest BCUT2D eigenvalue weighted by Crippen LogP contribution is -2.38. The second kappa shape index (κ2) is 6.01. The fraction of sp³-hybridized carbons (Fsp3) is 0.312. The highest BCUT2D eigenvalue weighted by Gasteiger charge is 2.26. The van der Waals surface area contributed by atoms with Crippen molar-refractivity contribution in [1.29, 1.82) is 0 Å². The number of hydrogen-bond acceptors (Lipinski definition) is 4. The molecule has 112 valence electrons. The molecule has 1 amide bonds. The molecule has 1 atom stereocenters. The summed E-state index contributed by atoms with van der Waals surface area (Å²) in [5, 5.41) is 13.0. The molecule has 0 bridgehead atoms. The van der Waals surface area contributed by atoms with Gasteiger partial charge >= 0.3 is 0 Å². The molecule has 2 aromatic rings. The fourth-order valence-corrected chi connectivity index (χ4v) is 1.95. The number of rotatable bonds is 5. The minimum atomic E-state index is -1.24. The molecule has 1 aromatic heterocycles. The van der Waals surface area contributed by atoms with Gasteiger partial charge in [-0.1, -0.05) is 6.07 Å². The van der Waals surface area contributed by atoms with Crippen molar-refractivity contribution in [3.63, 3.8) is 0 Å². The van der Waals surface area contributed by atoms with Gasteiger partial charge in [0.2, 0.25) is 0 Å². The molecule has 1 heterocycles. The van der Waals surface area contributed by atoms with E-state index >= 15 is 0 Å². The van der Waals surface area contributed by atoms with Gasteiger partial charge in [0, 0.05) is 25.3 Å². The highest BCUT2D eigenvalue weighted by atomic mass is 16.4. The summed E-state index contributed by atoms with van der Waals surface area (Å²) in [6.07, 6.45) is 1.49. The molecular weight excluding hydrogens is 268 g/mol. The topological polar surface area (TPSA) is 65.7 Å². The molecule has 5 nitrogen and oxygen atoms in total. The van der Waals surface area contributed by atoms with Crippen molar-refractivity contribution < 1.29 is 14.3 Å². The van der Waals surface area contributed by atoms with E-state index in [1.165, 1.54) is 6.26 Å². The van der Waals surface area contributed by atoms with Gasteiger partial charge in [0.25, 0.3) is 5.91 Å². The van der Waals surface area contributed by atoms with E-state index in [-0.39, 0.29) is 12.5 Å². The zero-order valence-corrected chi connectivity index (χ0v) is 12.5. The second-order valence-electron chi connectivity index (χ2n) is 5.38. The Morgan fingerprint density at radius 2 is 2.10 bits per heavy atom. The number of nitrogens with zero attached hydrogens (tertiary/aromatic N) is 1. The van der Waals surface area contributed by atoms with Crippen LogP contribution < -0.4 is 10.2 Å². The van der Waals surface area contributed by atoms with Gasteiger partial charge in [0.15, 0.2) is 0 Å². The smallest absolute Gasteiger partial charge is 0.251 e. The summed E-state index contributed by atoms with van der Waals surface area (Å²) in [5.41, 5.74) is 0.259. The van der Waals surface area contributed by atoms with Gasteiger partial charge in [-0.05, 0) is 37.3 Å². The van der Waals surface area contributed by atoms with Crippen molar-refractivity contribution in [1.82, 2.24) is 5.32 Å². The highest BCUT2D eigenvalue weighted by Crippen LogP contribution is 2.20. The summed E-state index contributed by atoms with van der Waals surface area (Å²) in [6, 6.07) is 10.7. The monoisotopic (exact) mass is 288 g/mol. The van der Waals surface area contributed by atoms with Crippen LogP contribution in [0.5, 0.6) is 0 Å². The van der Waals surface area contributed by atoms with E-state index < -0.39 is 5.60 Å². The Labute approximate surface area is 124 Å². The number of nitrogens with one attached hydrogen (secondary N) is 1. The predicted octanol–water partition coefficient (Wildman–Crippen LogP) is 1.98. The van der Waals surface area contributed by atoms with E-state index in [0.29, 0.717) is 11.3 Å². The summed E-state index contributed by atoms with van der Waals surface area (Å²) in [4.78, 5) is 14.1. The van der Waals surface area contributed by atoms with Gasteiger partial charge in [-0.15, -0.1) is 0 Å². The van der Waals surface area contributed by atoms with E-state index in [9.17, 15) is 9.90 Å². The molecule has 5 heteroatoms. The molecule has 1 unspecified atom stereocenters. The quantitative estimate of drug-likeness (QED) is 0.883. The first-order valence-electron chi connectivity index (χ1n) is 6.72. The fourth-order valence-electron chi connectivity index (χ4n) is 1.95. The second-order valence-corrected chi connectivity index (χ2v) is 5.38. The van der Waals surface area contributed by atoms with Crippen molar-refractivity contribution in [3.05, 3.63) is 54.0 Å². The van der Waals surface area contributed by atoms with Gasteiger partial charge < -0.3 is 19.7 Å². The maximum absolute atomic E-state index is 12.2. The molecule has 0 fully saturated rings. The number of furan rings is 1. The maximum atomic E-state index is 12.2. The summed E-state index contributed by atoms with van der Waals surface area (Å²) in [7, 11) is 3.83. The van der Waals surface area contributed by atoms with Crippen LogP contribution in [-0.4, -0.2) is 31.7 Å².